The van der Waals surface area contributed by atoms with E-state index in [0.717, 1.165) is 16.5 Å². The Morgan fingerprint density at radius 2 is 2.04 bits per heavy atom. The molecule has 2 aromatic rings. The lowest BCUT2D eigenvalue weighted by Gasteiger charge is -2.15. The Morgan fingerprint density at radius 1 is 1.35 bits per heavy atom. The van der Waals surface area contributed by atoms with Crippen molar-refractivity contribution in [3.63, 3.8) is 0 Å². The number of benzene rings is 1. The maximum atomic E-state index is 12.9. The molecule has 5 heteroatoms. The number of rotatable bonds is 8. The number of carboxylic acid groups (broad SMARTS) is 1. The number of aryl methyl sites for hydroxylation is 1. The number of amides is 1. The van der Waals surface area contributed by atoms with Crippen molar-refractivity contribution in [2.75, 3.05) is 0 Å². The van der Waals surface area contributed by atoms with E-state index in [1.165, 1.54) is 5.56 Å². The summed E-state index contributed by atoms with van der Waals surface area (Å²) in [4.78, 5) is 24.3. The van der Waals surface area contributed by atoms with Crippen LogP contribution >= 0.6 is 0 Å². The number of carbonyl (C=O) groups excluding carboxylic acids is 1. The topological polar surface area (TPSA) is 71.3 Å². The Bertz CT molecular complexity index is 833. The van der Waals surface area contributed by atoms with Crippen LogP contribution in [-0.4, -0.2) is 27.6 Å². The van der Waals surface area contributed by atoms with Gasteiger partial charge in [-0.3, -0.25) is 4.79 Å². The Morgan fingerprint density at radius 3 is 2.58 bits per heavy atom. The highest BCUT2D eigenvalue weighted by Gasteiger charge is 2.25. The van der Waals surface area contributed by atoms with Crippen molar-refractivity contribution in [1.29, 1.82) is 0 Å². The molecule has 0 spiro atoms. The molecule has 0 aliphatic heterocycles. The van der Waals surface area contributed by atoms with Crippen LogP contribution in [0, 0.1) is 6.92 Å². The van der Waals surface area contributed by atoms with Gasteiger partial charge in [-0.25, -0.2) is 4.79 Å². The van der Waals surface area contributed by atoms with E-state index in [1.807, 2.05) is 24.5 Å². The highest BCUT2D eigenvalue weighted by atomic mass is 16.4. The summed E-state index contributed by atoms with van der Waals surface area (Å²) in [7, 11) is 0. The number of aromatic nitrogens is 1. The Kier molecular flexibility index (Phi) is 6.24. The van der Waals surface area contributed by atoms with E-state index in [9.17, 15) is 14.7 Å². The first-order valence-electron chi connectivity index (χ1n) is 9.09. The molecule has 1 heterocycles. The van der Waals surface area contributed by atoms with Crippen molar-refractivity contribution in [2.45, 2.75) is 59.0 Å². The number of fused-ring (bicyclic) bond motifs is 1. The number of aliphatic carboxylic acids is 1. The quantitative estimate of drug-likeness (QED) is 0.695. The largest absolute Gasteiger partial charge is 0.480 e. The highest BCUT2D eigenvalue weighted by molar-refractivity contribution is 6.03. The van der Waals surface area contributed by atoms with Crippen LogP contribution in [0.4, 0.5) is 0 Å². The van der Waals surface area contributed by atoms with Crippen molar-refractivity contribution >= 4 is 22.8 Å². The summed E-state index contributed by atoms with van der Waals surface area (Å²) in [5, 5.41) is 13.0. The zero-order valence-electron chi connectivity index (χ0n) is 16.0. The van der Waals surface area contributed by atoms with Gasteiger partial charge < -0.3 is 15.0 Å². The monoisotopic (exact) mass is 356 g/mol. The van der Waals surface area contributed by atoms with Crippen LogP contribution in [0.25, 0.3) is 10.9 Å². The predicted molar refractivity (Wildman–Crippen MR) is 105 cm³/mol. The first-order chi connectivity index (χ1) is 12.3. The van der Waals surface area contributed by atoms with Gasteiger partial charge in [-0.05, 0) is 42.5 Å². The molecule has 0 saturated heterocycles. The second kappa shape index (κ2) is 8.21. The van der Waals surface area contributed by atoms with E-state index >= 15 is 0 Å². The van der Waals surface area contributed by atoms with E-state index in [-0.39, 0.29) is 5.91 Å². The second-order valence-electron chi connectivity index (χ2n) is 6.96. The van der Waals surface area contributed by atoms with Gasteiger partial charge in [0.05, 0.1) is 0 Å². The second-order valence-corrected chi connectivity index (χ2v) is 6.96. The third-order valence-corrected chi connectivity index (χ3v) is 4.71. The van der Waals surface area contributed by atoms with Gasteiger partial charge in [0.1, 0.15) is 11.7 Å². The lowest BCUT2D eigenvalue weighted by molar-refractivity contribution is -0.139. The zero-order valence-corrected chi connectivity index (χ0v) is 16.0. The molecule has 26 heavy (non-hydrogen) atoms. The van der Waals surface area contributed by atoms with Crippen LogP contribution in [0.3, 0.4) is 0 Å². The number of nitrogens with one attached hydrogen (secondary N) is 1. The molecular formula is C21H28N2O3. The Labute approximate surface area is 154 Å². The van der Waals surface area contributed by atoms with Gasteiger partial charge in [0, 0.05) is 17.4 Å². The number of carbonyl (C=O) groups is 2. The first-order valence-corrected chi connectivity index (χ1v) is 9.09. The van der Waals surface area contributed by atoms with Gasteiger partial charge in [0.15, 0.2) is 0 Å². The Hall–Kier alpha value is -2.56. The summed E-state index contributed by atoms with van der Waals surface area (Å²) in [6.45, 7) is 12.4. The Balaban J connectivity index is 2.55. The fraction of sp³-hybridized carbons (Fsp3) is 0.429. The van der Waals surface area contributed by atoms with Crippen LogP contribution in [0.15, 0.2) is 30.9 Å². The van der Waals surface area contributed by atoms with E-state index in [0.29, 0.717) is 31.0 Å². The minimum Gasteiger partial charge on any atom is -0.480 e. The molecule has 0 radical (unpaired) electrons. The van der Waals surface area contributed by atoms with Gasteiger partial charge in [-0.1, -0.05) is 39.3 Å². The molecule has 1 aromatic carbocycles. The smallest absolute Gasteiger partial charge is 0.326 e. The summed E-state index contributed by atoms with van der Waals surface area (Å²) in [5.41, 5.74) is 3.53. The van der Waals surface area contributed by atoms with Gasteiger partial charge in [-0.15, -0.1) is 6.58 Å². The van der Waals surface area contributed by atoms with Gasteiger partial charge >= 0.3 is 5.97 Å². The molecule has 0 aliphatic carbocycles. The maximum absolute atomic E-state index is 12.9. The molecule has 0 fully saturated rings. The number of allylic oxidation sites excluding steroid dienone is 1. The molecule has 5 nitrogen and oxygen atoms in total. The number of hydrogen-bond acceptors (Lipinski definition) is 2. The normalized spacial score (nSPS) is 12.3. The van der Waals surface area contributed by atoms with Crippen molar-refractivity contribution in [3.8, 4) is 0 Å². The standard InChI is InChI=1S/C21H28N2O3/c1-6-8-17(21(25)26)22-20(24)19-14(5)16-12-15(13(3)4)9-10-18(16)23(19)11-7-2/h7,9-10,12-13,17H,2,6,8,11H2,1,3-5H3,(H,22,24)(H,25,26). The zero-order chi connectivity index (χ0) is 19.4. The van der Waals surface area contributed by atoms with E-state index in [4.69, 9.17) is 0 Å². The lowest BCUT2D eigenvalue weighted by atomic mass is 10.0. The average molecular weight is 356 g/mol. The molecule has 2 rings (SSSR count). The molecule has 0 bridgehead atoms. The van der Waals surface area contributed by atoms with Crippen LogP contribution < -0.4 is 5.32 Å². The predicted octanol–water partition coefficient (Wildman–Crippen LogP) is 4.24. The van der Waals surface area contributed by atoms with Crippen molar-refractivity contribution in [2.24, 2.45) is 0 Å². The average Bonchev–Trinajstić information content (AvgIpc) is 2.86. The molecule has 140 valence electrons. The van der Waals surface area contributed by atoms with Crippen LogP contribution in [0.2, 0.25) is 0 Å². The molecule has 1 aromatic heterocycles. The van der Waals surface area contributed by atoms with Crippen LogP contribution in [0.5, 0.6) is 0 Å². The number of carboxylic acids is 1. The summed E-state index contributed by atoms with van der Waals surface area (Å²) in [6, 6.07) is 5.34. The summed E-state index contributed by atoms with van der Waals surface area (Å²) in [5.74, 6) is -0.974. The molecule has 0 saturated carbocycles. The van der Waals surface area contributed by atoms with Gasteiger partial charge in [0.2, 0.25) is 0 Å². The number of hydrogen-bond donors (Lipinski definition) is 2. The third kappa shape index (κ3) is 3.82. The van der Waals surface area contributed by atoms with Crippen molar-refractivity contribution in [1.82, 2.24) is 9.88 Å². The number of nitrogens with zero attached hydrogens (tertiary/aromatic N) is 1. The van der Waals surface area contributed by atoms with Crippen molar-refractivity contribution in [3.05, 3.63) is 47.7 Å². The molecule has 1 unspecified atom stereocenters. The molecule has 0 aliphatic rings. The summed E-state index contributed by atoms with van der Waals surface area (Å²) >= 11 is 0. The fourth-order valence-electron chi connectivity index (χ4n) is 3.28. The molecule has 1 atom stereocenters. The summed E-state index contributed by atoms with van der Waals surface area (Å²) in [6.07, 6.45) is 2.83. The SMILES string of the molecule is C=CCn1c(C(=O)NC(CCC)C(=O)O)c(C)c2cc(C(C)C)ccc21. The highest BCUT2D eigenvalue weighted by Crippen LogP contribution is 2.29. The van der Waals surface area contributed by atoms with Crippen molar-refractivity contribution < 1.29 is 14.7 Å². The minimum atomic E-state index is -1.01. The fourth-order valence-corrected chi connectivity index (χ4v) is 3.28. The maximum Gasteiger partial charge on any atom is 0.326 e. The summed E-state index contributed by atoms with van der Waals surface area (Å²) < 4.78 is 1.90. The molecule has 1 amide bonds. The van der Waals surface area contributed by atoms with E-state index in [2.05, 4.69) is 37.9 Å². The third-order valence-electron chi connectivity index (χ3n) is 4.71. The van der Waals surface area contributed by atoms with E-state index in [1.54, 1.807) is 6.08 Å². The van der Waals surface area contributed by atoms with Gasteiger partial charge in [-0.2, -0.15) is 0 Å². The molecular weight excluding hydrogens is 328 g/mol. The lowest BCUT2D eigenvalue weighted by Crippen LogP contribution is -2.41. The minimum absolute atomic E-state index is 0.354. The van der Waals surface area contributed by atoms with Crippen LogP contribution in [-0.2, 0) is 11.3 Å². The van der Waals surface area contributed by atoms with Crippen LogP contribution in [0.1, 0.15) is 61.1 Å². The van der Waals surface area contributed by atoms with Gasteiger partial charge in [0.25, 0.3) is 5.91 Å². The van der Waals surface area contributed by atoms with E-state index < -0.39 is 12.0 Å². The first kappa shape index (κ1) is 19.8. The molecule has 2 N–H and O–H groups in total.